The highest BCUT2D eigenvalue weighted by atomic mass is 79.9. The van der Waals surface area contributed by atoms with Crippen molar-refractivity contribution < 1.29 is 0 Å². The lowest BCUT2D eigenvalue weighted by molar-refractivity contribution is 0.712. The maximum atomic E-state index is 6.05. The van der Waals surface area contributed by atoms with Crippen molar-refractivity contribution in [1.29, 1.82) is 0 Å². The lowest BCUT2D eigenvalue weighted by atomic mass is 10.3. The summed E-state index contributed by atoms with van der Waals surface area (Å²) >= 11 is 13.1. The van der Waals surface area contributed by atoms with Crippen LogP contribution in [0.2, 0.25) is 5.02 Å². The molecule has 0 aliphatic carbocycles. The number of anilines is 1. The third kappa shape index (κ3) is 2.73. The first-order chi connectivity index (χ1) is 8.50. The van der Waals surface area contributed by atoms with Crippen LogP contribution in [0.5, 0.6) is 0 Å². The highest BCUT2D eigenvalue weighted by Gasteiger charge is 2.11. The Hall–Kier alpha value is -0.520. The number of hydrogen-bond acceptors (Lipinski definition) is 2. The molecule has 0 atom stereocenters. The van der Waals surface area contributed by atoms with Crippen LogP contribution in [0, 0.1) is 6.92 Å². The second-order valence-electron chi connectivity index (χ2n) is 3.92. The molecule has 1 aromatic carbocycles. The van der Waals surface area contributed by atoms with Gasteiger partial charge < -0.3 is 5.32 Å². The molecule has 1 aromatic heterocycles. The van der Waals surface area contributed by atoms with Gasteiger partial charge in [-0.3, -0.25) is 4.68 Å². The van der Waals surface area contributed by atoms with Crippen molar-refractivity contribution in [3.63, 3.8) is 0 Å². The monoisotopic (exact) mass is 391 g/mol. The van der Waals surface area contributed by atoms with E-state index in [4.69, 9.17) is 11.6 Å². The Morgan fingerprint density at radius 3 is 2.67 bits per heavy atom. The summed E-state index contributed by atoms with van der Waals surface area (Å²) in [5, 5.41) is 8.39. The van der Waals surface area contributed by atoms with Crippen molar-refractivity contribution in [2.45, 2.75) is 13.5 Å². The number of aryl methyl sites for hydroxylation is 2. The first-order valence-corrected chi connectivity index (χ1v) is 7.33. The zero-order chi connectivity index (χ0) is 13.3. The maximum Gasteiger partial charge on any atom is 0.0739 e. The van der Waals surface area contributed by atoms with Gasteiger partial charge in [0.15, 0.2) is 0 Å². The molecule has 0 saturated heterocycles. The Kier molecular flexibility index (Phi) is 4.35. The van der Waals surface area contributed by atoms with Gasteiger partial charge in [0.25, 0.3) is 0 Å². The van der Waals surface area contributed by atoms with Gasteiger partial charge in [-0.15, -0.1) is 0 Å². The quantitative estimate of drug-likeness (QED) is 0.831. The second-order valence-corrected chi connectivity index (χ2v) is 5.92. The van der Waals surface area contributed by atoms with Crippen LogP contribution in [-0.4, -0.2) is 9.78 Å². The zero-order valence-corrected chi connectivity index (χ0v) is 13.9. The number of benzene rings is 1. The van der Waals surface area contributed by atoms with Gasteiger partial charge in [0.1, 0.15) is 0 Å². The molecule has 0 aliphatic heterocycles. The molecule has 0 spiro atoms. The molecule has 18 heavy (non-hydrogen) atoms. The van der Waals surface area contributed by atoms with Gasteiger partial charge in [-0.25, -0.2) is 0 Å². The third-order valence-corrected chi connectivity index (χ3v) is 5.09. The smallest absolute Gasteiger partial charge is 0.0739 e. The number of aromatic nitrogens is 2. The van der Waals surface area contributed by atoms with Gasteiger partial charge in [-0.2, -0.15) is 5.10 Å². The summed E-state index contributed by atoms with van der Waals surface area (Å²) in [4.78, 5) is 0. The van der Waals surface area contributed by atoms with Gasteiger partial charge in [0.2, 0.25) is 0 Å². The fourth-order valence-electron chi connectivity index (χ4n) is 1.69. The average Bonchev–Trinajstić information content (AvgIpc) is 2.56. The highest BCUT2D eigenvalue weighted by Crippen LogP contribution is 2.31. The van der Waals surface area contributed by atoms with Crippen LogP contribution in [0.1, 0.15) is 11.4 Å². The zero-order valence-electron chi connectivity index (χ0n) is 9.97. The molecule has 0 amide bonds. The molecule has 0 saturated carbocycles. The van der Waals surface area contributed by atoms with E-state index in [1.165, 1.54) is 0 Å². The molecule has 1 N–H and O–H groups in total. The van der Waals surface area contributed by atoms with E-state index in [-0.39, 0.29) is 0 Å². The number of nitrogens with one attached hydrogen (secondary N) is 1. The Bertz CT molecular complexity index is 581. The molecule has 2 aromatic rings. The molecule has 96 valence electrons. The molecule has 6 heteroatoms. The molecular formula is C12H12Br2ClN3. The average molecular weight is 394 g/mol. The summed E-state index contributed by atoms with van der Waals surface area (Å²) < 4.78 is 3.78. The molecular weight excluding hydrogens is 381 g/mol. The second kappa shape index (κ2) is 5.63. The minimum Gasteiger partial charge on any atom is -0.378 e. The van der Waals surface area contributed by atoms with E-state index >= 15 is 0 Å². The van der Waals surface area contributed by atoms with E-state index in [9.17, 15) is 0 Å². The minimum atomic E-state index is 0.677. The summed E-state index contributed by atoms with van der Waals surface area (Å²) in [5.41, 5.74) is 3.05. The number of hydrogen-bond donors (Lipinski definition) is 1. The highest BCUT2D eigenvalue weighted by molar-refractivity contribution is 9.11. The molecule has 2 rings (SSSR count). The third-order valence-electron chi connectivity index (χ3n) is 2.66. The Morgan fingerprint density at radius 1 is 1.33 bits per heavy atom. The van der Waals surface area contributed by atoms with Gasteiger partial charge in [-0.05, 0) is 50.9 Å². The van der Waals surface area contributed by atoms with Crippen molar-refractivity contribution in [2.75, 3.05) is 5.32 Å². The first-order valence-electron chi connectivity index (χ1n) is 5.36. The number of halogens is 3. The fraction of sp³-hybridized carbons (Fsp3) is 0.250. The lowest BCUT2D eigenvalue weighted by Gasteiger charge is -2.10. The minimum absolute atomic E-state index is 0.677. The summed E-state index contributed by atoms with van der Waals surface area (Å²) in [7, 11) is 1.93. The van der Waals surface area contributed by atoms with Crippen molar-refractivity contribution >= 4 is 49.1 Å². The maximum absolute atomic E-state index is 6.05. The van der Waals surface area contributed by atoms with Crippen LogP contribution < -0.4 is 5.32 Å². The number of rotatable bonds is 3. The SMILES string of the molecule is Cc1nn(C)c(CNc2cccc(Cl)c2Br)c1Br. The van der Waals surface area contributed by atoms with Crippen LogP contribution in [0.25, 0.3) is 0 Å². The normalized spacial score (nSPS) is 10.7. The molecule has 0 aliphatic rings. The van der Waals surface area contributed by atoms with E-state index in [0.717, 1.165) is 26.0 Å². The van der Waals surface area contributed by atoms with Crippen molar-refractivity contribution in [1.82, 2.24) is 9.78 Å². The van der Waals surface area contributed by atoms with E-state index < -0.39 is 0 Å². The lowest BCUT2D eigenvalue weighted by Crippen LogP contribution is -2.06. The van der Waals surface area contributed by atoms with Crippen LogP contribution in [-0.2, 0) is 13.6 Å². The predicted octanol–water partition coefficient (Wildman–Crippen LogP) is 4.52. The molecule has 0 radical (unpaired) electrons. The van der Waals surface area contributed by atoms with E-state index in [2.05, 4.69) is 42.3 Å². The Morgan fingerprint density at radius 2 is 2.06 bits per heavy atom. The van der Waals surface area contributed by atoms with Gasteiger partial charge in [0, 0.05) is 7.05 Å². The van der Waals surface area contributed by atoms with E-state index in [1.54, 1.807) is 0 Å². The summed E-state index contributed by atoms with van der Waals surface area (Å²) in [6.45, 7) is 2.65. The standard InChI is InChI=1S/C12H12Br2ClN3/c1-7-11(13)10(18(2)17-7)6-16-9-5-3-4-8(15)12(9)14/h3-5,16H,6H2,1-2H3. The summed E-state index contributed by atoms with van der Waals surface area (Å²) in [6, 6.07) is 5.74. The number of nitrogens with zero attached hydrogens (tertiary/aromatic N) is 2. The first kappa shape index (κ1) is 13.9. The Balaban J connectivity index is 2.19. The van der Waals surface area contributed by atoms with Gasteiger partial charge in [-0.1, -0.05) is 17.7 Å². The van der Waals surface area contributed by atoms with E-state index in [1.807, 2.05) is 36.9 Å². The molecule has 0 fully saturated rings. The summed E-state index contributed by atoms with van der Waals surface area (Å²) in [6.07, 6.45) is 0. The van der Waals surface area contributed by atoms with Crippen molar-refractivity contribution in [2.24, 2.45) is 7.05 Å². The van der Waals surface area contributed by atoms with Gasteiger partial charge >= 0.3 is 0 Å². The molecule has 0 bridgehead atoms. The van der Waals surface area contributed by atoms with Gasteiger partial charge in [0.05, 0.1) is 37.6 Å². The summed E-state index contributed by atoms with van der Waals surface area (Å²) in [5.74, 6) is 0. The van der Waals surface area contributed by atoms with Crippen LogP contribution in [0.15, 0.2) is 27.1 Å². The largest absolute Gasteiger partial charge is 0.378 e. The van der Waals surface area contributed by atoms with E-state index in [0.29, 0.717) is 11.6 Å². The molecule has 0 unspecified atom stereocenters. The fourth-order valence-corrected chi connectivity index (χ4v) is 2.75. The predicted molar refractivity (Wildman–Crippen MR) is 82.1 cm³/mol. The van der Waals surface area contributed by atoms with Crippen molar-refractivity contribution in [3.8, 4) is 0 Å². The molecule has 1 heterocycles. The van der Waals surface area contributed by atoms with Crippen LogP contribution in [0.3, 0.4) is 0 Å². The Labute approximate surface area is 128 Å². The van der Waals surface area contributed by atoms with Crippen LogP contribution >= 0.6 is 43.5 Å². The molecule has 3 nitrogen and oxygen atoms in total. The van der Waals surface area contributed by atoms with Crippen molar-refractivity contribution in [3.05, 3.63) is 43.6 Å². The van der Waals surface area contributed by atoms with Crippen LogP contribution in [0.4, 0.5) is 5.69 Å². The topological polar surface area (TPSA) is 29.9 Å².